The van der Waals surface area contributed by atoms with Crippen molar-refractivity contribution in [1.29, 1.82) is 0 Å². The fraction of sp³-hybridized carbons (Fsp3) is 0.0625. The lowest BCUT2D eigenvalue weighted by Crippen LogP contribution is -2.00. The van der Waals surface area contributed by atoms with Crippen LogP contribution in [0.4, 0.5) is 0 Å². The molecule has 0 saturated heterocycles. The number of allylic oxidation sites excluding steroid dienone is 1. The Hall–Kier alpha value is -2.95. The van der Waals surface area contributed by atoms with Gasteiger partial charge in [-0.2, -0.15) is 0 Å². The summed E-state index contributed by atoms with van der Waals surface area (Å²) in [6.07, 6.45) is 1.65. The maximum absolute atomic E-state index is 12.5. The second-order valence-corrected chi connectivity index (χ2v) is 4.68. The van der Waals surface area contributed by atoms with E-state index >= 15 is 0 Å². The Kier molecular flexibility index (Phi) is 2.41. The van der Waals surface area contributed by atoms with Gasteiger partial charge in [-0.15, -0.1) is 0 Å². The Balaban J connectivity index is 1.81. The molecule has 5 nitrogen and oxygen atoms in total. The molecule has 5 heteroatoms. The fourth-order valence-electron chi connectivity index (χ4n) is 2.41. The van der Waals surface area contributed by atoms with Crippen molar-refractivity contribution in [3.8, 4) is 23.0 Å². The molecule has 2 aromatic rings. The van der Waals surface area contributed by atoms with E-state index in [1.54, 1.807) is 6.08 Å². The normalized spacial score (nSPS) is 17.0. The minimum Gasteiger partial charge on any atom is -0.504 e. The average Bonchev–Trinajstić information content (AvgIpc) is 3.07. The molecule has 0 aromatic heterocycles. The molecule has 104 valence electrons. The van der Waals surface area contributed by atoms with Crippen LogP contribution in [0.1, 0.15) is 15.9 Å². The Labute approximate surface area is 120 Å². The first-order valence-electron chi connectivity index (χ1n) is 6.39. The largest absolute Gasteiger partial charge is 0.504 e. The van der Waals surface area contributed by atoms with Crippen molar-refractivity contribution in [2.75, 3.05) is 6.79 Å². The average molecular weight is 282 g/mol. The molecule has 0 saturated carbocycles. The maximum atomic E-state index is 12.5. The van der Waals surface area contributed by atoms with Gasteiger partial charge in [-0.05, 0) is 11.6 Å². The van der Waals surface area contributed by atoms with Crippen molar-refractivity contribution < 1.29 is 24.1 Å². The van der Waals surface area contributed by atoms with Gasteiger partial charge in [0, 0.05) is 6.07 Å². The Morgan fingerprint density at radius 1 is 1.10 bits per heavy atom. The fourth-order valence-corrected chi connectivity index (χ4v) is 2.41. The number of hydrogen-bond donors (Lipinski definition) is 1. The van der Waals surface area contributed by atoms with Gasteiger partial charge >= 0.3 is 0 Å². The first-order valence-corrected chi connectivity index (χ1v) is 6.39. The van der Waals surface area contributed by atoms with Crippen LogP contribution < -0.4 is 14.2 Å². The molecule has 2 aromatic carbocycles. The lowest BCUT2D eigenvalue weighted by atomic mass is 10.1. The molecule has 4 rings (SSSR count). The van der Waals surface area contributed by atoms with Crippen molar-refractivity contribution in [3.05, 3.63) is 53.3 Å². The number of carbonyl (C=O) groups excluding carboxylic acids is 1. The van der Waals surface area contributed by atoms with Crippen LogP contribution in [0.15, 0.2) is 42.2 Å². The molecule has 0 radical (unpaired) electrons. The maximum Gasteiger partial charge on any atom is 0.235 e. The number of phenols is 1. The zero-order valence-corrected chi connectivity index (χ0v) is 10.8. The molecule has 0 unspecified atom stereocenters. The summed E-state index contributed by atoms with van der Waals surface area (Å²) in [5.74, 6) is 0.521. The van der Waals surface area contributed by atoms with E-state index in [9.17, 15) is 9.90 Å². The van der Waals surface area contributed by atoms with E-state index in [4.69, 9.17) is 14.2 Å². The van der Waals surface area contributed by atoms with Gasteiger partial charge in [0.15, 0.2) is 17.3 Å². The van der Waals surface area contributed by atoms with Crippen LogP contribution in [0.3, 0.4) is 0 Å². The number of ether oxygens (including phenoxy) is 3. The van der Waals surface area contributed by atoms with Gasteiger partial charge in [-0.3, -0.25) is 4.79 Å². The molecule has 2 heterocycles. The molecule has 0 atom stereocenters. The minimum absolute atomic E-state index is 0.0235. The predicted molar refractivity (Wildman–Crippen MR) is 73.6 cm³/mol. The molecule has 2 aliphatic heterocycles. The van der Waals surface area contributed by atoms with E-state index in [1.165, 1.54) is 6.07 Å². The van der Waals surface area contributed by atoms with Gasteiger partial charge in [0.25, 0.3) is 0 Å². The summed E-state index contributed by atoms with van der Waals surface area (Å²) in [6, 6.07) is 10.7. The van der Waals surface area contributed by atoms with Gasteiger partial charge < -0.3 is 19.3 Å². The van der Waals surface area contributed by atoms with Crippen molar-refractivity contribution >= 4 is 11.9 Å². The Bertz CT molecular complexity index is 777. The monoisotopic (exact) mass is 282 g/mol. The van der Waals surface area contributed by atoms with Crippen molar-refractivity contribution in [2.45, 2.75) is 0 Å². The van der Waals surface area contributed by atoms with Crippen LogP contribution >= 0.6 is 0 Å². The Morgan fingerprint density at radius 3 is 2.67 bits per heavy atom. The first-order chi connectivity index (χ1) is 10.2. The SMILES string of the molecule is O=C1C(=Cc2ccccc2)Oc2cc(O)c3c(c21)OCO3. The lowest BCUT2D eigenvalue weighted by Gasteiger charge is -2.02. The predicted octanol–water partition coefficient (Wildman–Crippen LogP) is 2.74. The van der Waals surface area contributed by atoms with E-state index in [0.717, 1.165) is 5.56 Å². The van der Waals surface area contributed by atoms with Crippen LogP contribution in [-0.2, 0) is 0 Å². The number of rotatable bonds is 1. The van der Waals surface area contributed by atoms with Crippen LogP contribution in [-0.4, -0.2) is 17.7 Å². The molecule has 0 aliphatic carbocycles. The lowest BCUT2D eigenvalue weighted by molar-refractivity contribution is 0.101. The highest BCUT2D eigenvalue weighted by molar-refractivity contribution is 6.17. The number of carbonyl (C=O) groups is 1. The molecule has 0 bridgehead atoms. The molecule has 1 N–H and O–H groups in total. The topological polar surface area (TPSA) is 65.0 Å². The van der Waals surface area contributed by atoms with Crippen LogP contribution in [0, 0.1) is 0 Å². The van der Waals surface area contributed by atoms with E-state index < -0.39 is 0 Å². The van der Waals surface area contributed by atoms with E-state index in [0.29, 0.717) is 5.56 Å². The zero-order valence-electron chi connectivity index (χ0n) is 10.8. The quantitative estimate of drug-likeness (QED) is 0.815. The number of ketones is 1. The van der Waals surface area contributed by atoms with E-state index in [-0.39, 0.29) is 41.3 Å². The summed E-state index contributed by atoms with van der Waals surface area (Å²) in [4.78, 5) is 12.5. The number of phenolic OH excluding ortho intramolecular Hbond substituents is 1. The third-order valence-electron chi connectivity index (χ3n) is 3.35. The molecular weight excluding hydrogens is 272 g/mol. The van der Waals surface area contributed by atoms with Crippen LogP contribution in [0.5, 0.6) is 23.0 Å². The second kappa shape index (κ2) is 4.28. The number of Topliss-reactive ketones (excluding diaryl/α,β-unsaturated/α-hetero) is 1. The number of hydrogen-bond acceptors (Lipinski definition) is 5. The molecule has 0 spiro atoms. The number of fused-ring (bicyclic) bond motifs is 3. The first kappa shape index (κ1) is 11.8. The smallest absolute Gasteiger partial charge is 0.235 e. The standard InChI is InChI=1S/C16H10O5/c17-10-7-11-13(16-15(10)19-8-20-16)14(18)12(21-11)6-9-4-2-1-3-5-9/h1-7,17H,8H2. The van der Waals surface area contributed by atoms with E-state index in [2.05, 4.69) is 0 Å². The summed E-state index contributed by atoms with van der Waals surface area (Å²) in [6.45, 7) is -0.0235. The second-order valence-electron chi connectivity index (χ2n) is 4.68. The molecular formula is C16H10O5. The molecule has 0 amide bonds. The molecule has 21 heavy (non-hydrogen) atoms. The highest BCUT2D eigenvalue weighted by Crippen LogP contribution is 2.50. The van der Waals surface area contributed by atoms with Gasteiger partial charge in [0.1, 0.15) is 11.3 Å². The Morgan fingerprint density at radius 2 is 1.86 bits per heavy atom. The number of aromatic hydroxyl groups is 1. The summed E-state index contributed by atoms with van der Waals surface area (Å²) in [7, 11) is 0. The van der Waals surface area contributed by atoms with Crippen LogP contribution in [0.25, 0.3) is 6.08 Å². The van der Waals surface area contributed by atoms with Crippen LogP contribution in [0.2, 0.25) is 0 Å². The van der Waals surface area contributed by atoms with Gasteiger partial charge in [-0.25, -0.2) is 0 Å². The number of benzene rings is 2. The zero-order chi connectivity index (χ0) is 14.4. The van der Waals surface area contributed by atoms with Gasteiger partial charge in [-0.1, -0.05) is 30.3 Å². The highest BCUT2D eigenvalue weighted by Gasteiger charge is 2.37. The minimum atomic E-state index is -0.282. The summed E-state index contributed by atoms with van der Waals surface area (Å²) in [5.41, 5.74) is 1.15. The van der Waals surface area contributed by atoms with Gasteiger partial charge in [0.05, 0.1) is 0 Å². The highest BCUT2D eigenvalue weighted by atomic mass is 16.7. The van der Waals surface area contributed by atoms with Crippen molar-refractivity contribution in [1.82, 2.24) is 0 Å². The molecule has 0 fully saturated rings. The molecule has 2 aliphatic rings. The third-order valence-corrected chi connectivity index (χ3v) is 3.35. The summed E-state index contributed by atoms with van der Waals surface area (Å²) < 4.78 is 16.0. The summed E-state index contributed by atoms with van der Waals surface area (Å²) in [5, 5.41) is 9.84. The van der Waals surface area contributed by atoms with E-state index in [1.807, 2.05) is 30.3 Å². The van der Waals surface area contributed by atoms with Crippen molar-refractivity contribution in [2.24, 2.45) is 0 Å². The van der Waals surface area contributed by atoms with Crippen molar-refractivity contribution in [3.63, 3.8) is 0 Å². The van der Waals surface area contributed by atoms with Gasteiger partial charge in [0.2, 0.25) is 18.3 Å². The third kappa shape index (κ3) is 1.74. The summed E-state index contributed by atoms with van der Waals surface area (Å²) >= 11 is 0.